The molecule has 0 spiro atoms. The van der Waals surface area contributed by atoms with Crippen molar-refractivity contribution in [2.24, 2.45) is 0 Å². The van der Waals surface area contributed by atoms with Gasteiger partial charge in [0.25, 0.3) is 5.91 Å². The third-order valence-corrected chi connectivity index (χ3v) is 5.68. The van der Waals surface area contributed by atoms with E-state index in [9.17, 15) is 4.79 Å². The van der Waals surface area contributed by atoms with E-state index in [1.54, 1.807) is 33.2 Å². The van der Waals surface area contributed by atoms with Crippen LogP contribution in [-0.2, 0) is 0 Å². The average Bonchev–Trinajstić information content (AvgIpc) is 3.13. The number of hydrogen-bond acceptors (Lipinski definition) is 5. The maximum atomic E-state index is 12.8. The van der Waals surface area contributed by atoms with Gasteiger partial charge < -0.3 is 4.90 Å². The molecule has 26 heavy (non-hydrogen) atoms. The molecule has 1 unspecified atom stereocenters. The zero-order valence-corrected chi connectivity index (χ0v) is 16.8. The minimum atomic E-state index is -0.0598. The highest BCUT2D eigenvalue weighted by atomic mass is 32.1. The van der Waals surface area contributed by atoms with Crippen LogP contribution in [-0.4, -0.2) is 37.6 Å². The van der Waals surface area contributed by atoms with E-state index in [2.05, 4.69) is 15.1 Å². The Balaban J connectivity index is 1.81. The van der Waals surface area contributed by atoms with Crippen LogP contribution >= 0.6 is 11.3 Å². The molecule has 3 heterocycles. The van der Waals surface area contributed by atoms with Crippen LogP contribution in [0, 0.1) is 27.7 Å². The molecule has 0 radical (unpaired) electrons. The van der Waals surface area contributed by atoms with Crippen LogP contribution in [0.4, 0.5) is 0 Å². The Morgan fingerprint density at radius 3 is 2.46 bits per heavy atom. The second kappa shape index (κ2) is 6.99. The van der Waals surface area contributed by atoms with Gasteiger partial charge in [0.05, 0.1) is 28.0 Å². The van der Waals surface area contributed by atoms with E-state index in [0.717, 1.165) is 27.0 Å². The molecule has 3 aromatic heterocycles. The molecule has 0 bridgehead atoms. The summed E-state index contributed by atoms with van der Waals surface area (Å²) in [4.78, 5) is 24.6. The molecule has 0 fully saturated rings. The van der Waals surface area contributed by atoms with Gasteiger partial charge in [-0.25, -0.2) is 14.6 Å². The Kier molecular flexibility index (Phi) is 4.91. The SMILES string of the molecule is Cc1cc(C)n(-c2ccc(C(=O)N(C)C(C)c3sc(C)nc3C)cn2)n1. The molecular formula is C19H23N5OS. The van der Waals surface area contributed by atoms with Crippen LogP contribution in [0.5, 0.6) is 0 Å². The first-order valence-electron chi connectivity index (χ1n) is 8.48. The molecule has 3 rings (SSSR count). The Hall–Kier alpha value is -2.54. The van der Waals surface area contributed by atoms with Crippen LogP contribution in [0.2, 0.25) is 0 Å². The summed E-state index contributed by atoms with van der Waals surface area (Å²) in [6.45, 7) is 9.92. The molecule has 1 atom stereocenters. The van der Waals surface area contributed by atoms with Crippen LogP contribution in [0.1, 0.15) is 50.3 Å². The lowest BCUT2D eigenvalue weighted by Crippen LogP contribution is -2.29. The molecule has 0 saturated carbocycles. The first-order valence-corrected chi connectivity index (χ1v) is 9.30. The van der Waals surface area contributed by atoms with Crippen molar-refractivity contribution in [1.82, 2.24) is 24.6 Å². The van der Waals surface area contributed by atoms with Crippen molar-refractivity contribution in [3.63, 3.8) is 0 Å². The summed E-state index contributed by atoms with van der Waals surface area (Å²) in [6.07, 6.45) is 1.61. The number of thiazole rings is 1. The summed E-state index contributed by atoms with van der Waals surface area (Å²) in [7, 11) is 1.82. The second-order valence-corrected chi connectivity index (χ2v) is 7.75. The van der Waals surface area contributed by atoms with E-state index in [-0.39, 0.29) is 11.9 Å². The molecule has 6 nitrogen and oxygen atoms in total. The van der Waals surface area contributed by atoms with E-state index >= 15 is 0 Å². The molecule has 136 valence electrons. The first kappa shape index (κ1) is 18.3. The van der Waals surface area contributed by atoms with Gasteiger partial charge in [-0.2, -0.15) is 5.10 Å². The lowest BCUT2D eigenvalue weighted by molar-refractivity contribution is 0.0744. The highest BCUT2D eigenvalue weighted by molar-refractivity contribution is 7.11. The van der Waals surface area contributed by atoms with Crippen LogP contribution in [0.15, 0.2) is 24.4 Å². The van der Waals surface area contributed by atoms with Gasteiger partial charge in [0, 0.05) is 23.8 Å². The number of rotatable bonds is 4. The van der Waals surface area contributed by atoms with Crippen molar-refractivity contribution in [2.45, 2.75) is 40.7 Å². The van der Waals surface area contributed by atoms with Gasteiger partial charge in [0.15, 0.2) is 5.82 Å². The van der Waals surface area contributed by atoms with E-state index in [1.165, 1.54) is 0 Å². The van der Waals surface area contributed by atoms with E-state index in [4.69, 9.17) is 0 Å². The van der Waals surface area contributed by atoms with Gasteiger partial charge in [0.1, 0.15) is 0 Å². The quantitative estimate of drug-likeness (QED) is 0.702. The fourth-order valence-electron chi connectivity index (χ4n) is 2.99. The molecule has 0 N–H and O–H groups in total. The van der Waals surface area contributed by atoms with Crippen molar-refractivity contribution >= 4 is 17.2 Å². The van der Waals surface area contributed by atoms with Crippen molar-refractivity contribution < 1.29 is 4.79 Å². The lowest BCUT2D eigenvalue weighted by Gasteiger charge is -2.24. The molecular weight excluding hydrogens is 346 g/mol. The summed E-state index contributed by atoms with van der Waals surface area (Å²) < 4.78 is 1.78. The van der Waals surface area contributed by atoms with Gasteiger partial charge in [-0.05, 0) is 52.8 Å². The van der Waals surface area contributed by atoms with Crippen LogP contribution in [0.3, 0.4) is 0 Å². The third-order valence-electron chi connectivity index (χ3n) is 4.44. The van der Waals surface area contributed by atoms with Gasteiger partial charge in [-0.3, -0.25) is 4.79 Å². The number of nitrogens with zero attached hydrogens (tertiary/aromatic N) is 5. The molecule has 0 aromatic carbocycles. The zero-order chi connectivity index (χ0) is 19.0. The standard InChI is InChI=1S/C19H23N5OS/c1-11-9-12(2)24(22-11)17-8-7-16(10-20-17)19(25)23(6)14(4)18-13(3)21-15(5)26-18/h7-10,14H,1-6H3. The number of amides is 1. The van der Waals surface area contributed by atoms with Crippen molar-refractivity contribution in [3.8, 4) is 5.82 Å². The normalized spacial score (nSPS) is 12.2. The summed E-state index contributed by atoms with van der Waals surface area (Å²) in [5.41, 5.74) is 3.49. The fourth-order valence-corrected chi connectivity index (χ4v) is 4.01. The fraction of sp³-hybridized carbons (Fsp3) is 0.368. The van der Waals surface area contributed by atoms with Crippen molar-refractivity contribution in [3.05, 3.63) is 56.9 Å². The summed E-state index contributed by atoms with van der Waals surface area (Å²) in [5.74, 6) is 0.646. The maximum Gasteiger partial charge on any atom is 0.255 e. The van der Waals surface area contributed by atoms with Gasteiger partial charge in [-0.1, -0.05) is 0 Å². The van der Waals surface area contributed by atoms with E-state index in [1.807, 2.05) is 53.8 Å². The van der Waals surface area contributed by atoms with Crippen molar-refractivity contribution in [2.75, 3.05) is 7.05 Å². The predicted octanol–water partition coefficient (Wildman–Crippen LogP) is 3.79. The van der Waals surface area contributed by atoms with Gasteiger partial charge in [0.2, 0.25) is 0 Å². The summed E-state index contributed by atoms with van der Waals surface area (Å²) >= 11 is 1.63. The second-order valence-electron chi connectivity index (χ2n) is 6.52. The monoisotopic (exact) mass is 369 g/mol. The van der Waals surface area contributed by atoms with Gasteiger partial charge in [-0.15, -0.1) is 11.3 Å². The largest absolute Gasteiger partial charge is 0.334 e. The number of aryl methyl sites for hydroxylation is 4. The number of pyridine rings is 1. The van der Waals surface area contributed by atoms with Crippen LogP contribution in [0.25, 0.3) is 5.82 Å². The Morgan fingerprint density at radius 1 is 1.23 bits per heavy atom. The minimum absolute atomic E-state index is 0.0376. The zero-order valence-electron chi connectivity index (χ0n) is 15.9. The smallest absolute Gasteiger partial charge is 0.255 e. The third kappa shape index (κ3) is 3.39. The average molecular weight is 369 g/mol. The predicted molar refractivity (Wildman–Crippen MR) is 103 cm³/mol. The Bertz CT molecular complexity index is 941. The molecule has 0 saturated heterocycles. The topological polar surface area (TPSA) is 63.9 Å². The molecule has 0 aliphatic carbocycles. The number of aromatic nitrogens is 4. The summed E-state index contributed by atoms with van der Waals surface area (Å²) in [6, 6.07) is 5.59. The highest BCUT2D eigenvalue weighted by Crippen LogP contribution is 2.29. The number of hydrogen-bond donors (Lipinski definition) is 0. The van der Waals surface area contributed by atoms with E-state index in [0.29, 0.717) is 11.4 Å². The Morgan fingerprint density at radius 2 is 1.96 bits per heavy atom. The lowest BCUT2D eigenvalue weighted by atomic mass is 10.1. The molecule has 0 aliphatic rings. The van der Waals surface area contributed by atoms with Crippen LogP contribution < -0.4 is 0 Å². The van der Waals surface area contributed by atoms with Crippen molar-refractivity contribution in [1.29, 1.82) is 0 Å². The molecule has 0 aliphatic heterocycles. The molecule has 1 amide bonds. The molecule has 7 heteroatoms. The Labute approximate surface area is 157 Å². The summed E-state index contributed by atoms with van der Waals surface area (Å²) in [5, 5.41) is 5.44. The van der Waals surface area contributed by atoms with Gasteiger partial charge >= 0.3 is 0 Å². The minimum Gasteiger partial charge on any atom is -0.334 e. The molecule has 3 aromatic rings. The number of carbonyl (C=O) groups is 1. The van der Waals surface area contributed by atoms with E-state index < -0.39 is 0 Å². The first-order chi connectivity index (χ1) is 12.3. The maximum absolute atomic E-state index is 12.8. The highest BCUT2D eigenvalue weighted by Gasteiger charge is 2.22. The number of carbonyl (C=O) groups excluding carboxylic acids is 1.